The zero-order chi connectivity index (χ0) is 13.7. The predicted molar refractivity (Wildman–Crippen MR) is 73.7 cm³/mol. The molecular weight excluding hydrogens is 262 g/mol. The fraction of sp³-hybridized carbons (Fsp3) is 0.308. The standard InChI is InChI=1S/C13H15N3O2S/c1-9(2)14-11(17)8-19-13-16-15-12(18-13)10-6-4-3-5-7-10/h3-7,9H,8H2,1-2H3,(H,14,17). The van der Waals surface area contributed by atoms with Gasteiger partial charge in [0.2, 0.25) is 11.8 Å². The Morgan fingerprint density at radius 1 is 1.32 bits per heavy atom. The molecule has 0 atom stereocenters. The van der Waals surface area contributed by atoms with Crippen LogP contribution in [0, 0.1) is 0 Å². The first-order chi connectivity index (χ1) is 9.15. The maximum absolute atomic E-state index is 11.5. The van der Waals surface area contributed by atoms with Gasteiger partial charge in [0, 0.05) is 11.6 Å². The second kappa shape index (κ2) is 6.38. The van der Waals surface area contributed by atoms with Crippen molar-refractivity contribution in [2.24, 2.45) is 0 Å². The van der Waals surface area contributed by atoms with Gasteiger partial charge in [0.15, 0.2) is 0 Å². The highest BCUT2D eigenvalue weighted by Gasteiger charge is 2.11. The van der Waals surface area contributed by atoms with E-state index in [9.17, 15) is 4.79 Å². The molecule has 2 aromatic rings. The van der Waals surface area contributed by atoms with Crippen molar-refractivity contribution in [2.45, 2.75) is 25.1 Å². The quantitative estimate of drug-likeness (QED) is 0.850. The summed E-state index contributed by atoms with van der Waals surface area (Å²) < 4.78 is 5.49. The number of amides is 1. The molecule has 0 saturated heterocycles. The molecule has 0 aliphatic heterocycles. The van der Waals surface area contributed by atoms with Crippen LogP contribution in [0.3, 0.4) is 0 Å². The topological polar surface area (TPSA) is 68.0 Å². The normalized spacial score (nSPS) is 10.7. The summed E-state index contributed by atoms with van der Waals surface area (Å²) in [6.07, 6.45) is 0. The van der Waals surface area contributed by atoms with Crippen LogP contribution in [0.5, 0.6) is 0 Å². The Morgan fingerprint density at radius 3 is 2.74 bits per heavy atom. The molecule has 0 unspecified atom stereocenters. The van der Waals surface area contributed by atoms with Crippen molar-refractivity contribution in [3.8, 4) is 11.5 Å². The summed E-state index contributed by atoms with van der Waals surface area (Å²) in [5, 5.41) is 11.1. The van der Waals surface area contributed by atoms with Crippen LogP contribution in [0.2, 0.25) is 0 Å². The molecule has 1 amide bonds. The van der Waals surface area contributed by atoms with Crippen molar-refractivity contribution in [3.63, 3.8) is 0 Å². The van der Waals surface area contributed by atoms with Crippen LogP contribution < -0.4 is 5.32 Å². The predicted octanol–water partition coefficient (Wildman–Crippen LogP) is 2.35. The molecule has 1 aromatic heterocycles. The van der Waals surface area contributed by atoms with Crippen LogP contribution in [-0.4, -0.2) is 27.9 Å². The molecular formula is C13H15N3O2S. The lowest BCUT2D eigenvalue weighted by molar-refractivity contribution is -0.119. The average molecular weight is 277 g/mol. The monoisotopic (exact) mass is 277 g/mol. The molecule has 100 valence electrons. The van der Waals surface area contributed by atoms with Gasteiger partial charge >= 0.3 is 0 Å². The Labute approximate surface area is 115 Å². The van der Waals surface area contributed by atoms with Crippen molar-refractivity contribution in [1.29, 1.82) is 0 Å². The molecule has 2 rings (SSSR count). The van der Waals surface area contributed by atoms with Gasteiger partial charge in [-0.05, 0) is 26.0 Å². The van der Waals surface area contributed by atoms with E-state index >= 15 is 0 Å². The molecule has 0 aliphatic rings. The number of rotatable bonds is 5. The van der Waals surface area contributed by atoms with Crippen LogP contribution in [-0.2, 0) is 4.79 Å². The summed E-state index contributed by atoms with van der Waals surface area (Å²) in [5.74, 6) is 0.695. The van der Waals surface area contributed by atoms with Gasteiger partial charge in [-0.1, -0.05) is 30.0 Å². The highest BCUT2D eigenvalue weighted by molar-refractivity contribution is 7.99. The Balaban J connectivity index is 1.93. The third kappa shape index (κ3) is 4.10. The number of hydrogen-bond acceptors (Lipinski definition) is 5. The second-order valence-electron chi connectivity index (χ2n) is 4.25. The fourth-order valence-corrected chi connectivity index (χ4v) is 2.03. The summed E-state index contributed by atoms with van der Waals surface area (Å²) in [4.78, 5) is 11.5. The number of hydrogen-bond donors (Lipinski definition) is 1. The van der Waals surface area contributed by atoms with E-state index in [0.717, 1.165) is 5.56 Å². The number of nitrogens with one attached hydrogen (secondary N) is 1. The minimum Gasteiger partial charge on any atom is -0.411 e. The molecule has 19 heavy (non-hydrogen) atoms. The summed E-state index contributed by atoms with van der Waals surface area (Å²) in [6.45, 7) is 3.84. The summed E-state index contributed by atoms with van der Waals surface area (Å²) in [7, 11) is 0. The molecule has 0 radical (unpaired) electrons. The molecule has 0 bridgehead atoms. The second-order valence-corrected chi connectivity index (χ2v) is 5.18. The zero-order valence-corrected chi connectivity index (χ0v) is 11.6. The highest BCUT2D eigenvalue weighted by Crippen LogP contribution is 2.22. The first kappa shape index (κ1) is 13.6. The number of carbonyl (C=O) groups is 1. The first-order valence-corrected chi connectivity index (χ1v) is 6.95. The van der Waals surface area contributed by atoms with Crippen molar-refractivity contribution in [1.82, 2.24) is 15.5 Å². The first-order valence-electron chi connectivity index (χ1n) is 5.96. The summed E-state index contributed by atoms with van der Waals surface area (Å²) >= 11 is 1.23. The largest absolute Gasteiger partial charge is 0.411 e. The van der Waals surface area contributed by atoms with Gasteiger partial charge in [-0.2, -0.15) is 0 Å². The summed E-state index contributed by atoms with van der Waals surface area (Å²) in [5.41, 5.74) is 0.869. The van der Waals surface area contributed by atoms with Gasteiger partial charge in [-0.15, -0.1) is 10.2 Å². The third-order valence-corrected chi connectivity index (χ3v) is 3.02. The Hall–Kier alpha value is -1.82. The molecule has 0 fully saturated rings. The van der Waals surface area contributed by atoms with E-state index in [-0.39, 0.29) is 17.7 Å². The van der Waals surface area contributed by atoms with Crippen LogP contribution in [0.15, 0.2) is 40.0 Å². The van der Waals surface area contributed by atoms with Crippen molar-refractivity contribution in [3.05, 3.63) is 30.3 Å². The minimum atomic E-state index is -0.0422. The van der Waals surface area contributed by atoms with E-state index < -0.39 is 0 Å². The lowest BCUT2D eigenvalue weighted by Gasteiger charge is -2.06. The van der Waals surface area contributed by atoms with Gasteiger partial charge in [0.05, 0.1) is 5.75 Å². The Kier molecular flexibility index (Phi) is 4.57. The molecule has 1 aromatic carbocycles. The van der Waals surface area contributed by atoms with Crippen molar-refractivity contribution in [2.75, 3.05) is 5.75 Å². The third-order valence-electron chi connectivity index (χ3n) is 2.20. The van der Waals surface area contributed by atoms with Crippen molar-refractivity contribution >= 4 is 17.7 Å². The van der Waals surface area contributed by atoms with Gasteiger partial charge in [0.1, 0.15) is 0 Å². The van der Waals surface area contributed by atoms with E-state index in [0.29, 0.717) is 11.1 Å². The number of benzene rings is 1. The Morgan fingerprint density at radius 2 is 2.05 bits per heavy atom. The van der Waals surface area contributed by atoms with Gasteiger partial charge in [-0.25, -0.2) is 0 Å². The maximum atomic E-state index is 11.5. The van der Waals surface area contributed by atoms with Gasteiger partial charge in [0.25, 0.3) is 5.22 Å². The molecule has 5 nitrogen and oxygen atoms in total. The van der Waals surface area contributed by atoms with Crippen LogP contribution in [0.25, 0.3) is 11.5 Å². The summed E-state index contributed by atoms with van der Waals surface area (Å²) in [6, 6.07) is 9.66. The van der Waals surface area contributed by atoms with E-state index in [1.807, 2.05) is 44.2 Å². The number of nitrogens with zero attached hydrogens (tertiary/aromatic N) is 2. The van der Waals surface area contributed by atoms with Crippen LogP contribution >= 0.6 is 11.8 Å². The molecule has 0 aliphatic carbocycles. The lowest BCUT2D eigenvalue weighted by atomic mass is 10.2. The van der Waals surface area contributed by atoms with Gasteiger partial charge < -0.3 is 9.73 Å². The molecule has 1 heterocycles. The minimum absolute atomic E-state index is 0.0422. The fourth-order valence-electron chi connectivity index (χ4n) is 1.46. The molecule has 0 saturated carbocycles. The number of aromatic nitrogens is 2. The smallest absolute Gasteiger partial charge is 0.277 e. The SMILES string of the molecule is CC(C)NC(=O)CSc1nnc(-c2ccccc2)o1. The lowest BCUT2D eigenvalue weighted by Crippen LogP contribution is -2.31. The highest BCUT2D eigenvalue weighted by atomic mass is 32.2. The van der Waals surface area contributed by atoms with Crippen LogP contribution in [0.1, 0.15) is 13.8 Å². The van der Waals surface area contributed by atoms with Crippen molar-refractivity contribution < 1.29 is 9.21 Å². The number of carbonyl (C=O) groups excluding carboxylic acids is 1. The maximum Gasteiger partial charge on any atom is 0.277 e. The zero-order valence-electron chi connectivity index (χ0n) is 10.8. The van der Waals surface area contributed by atoms with E-state index in [1.54, 1.807) is 0 Å². The van der Waals surface area contributed by atoms with E-state index in [4.69, 9.17) is 4.42 Å². The van der Waals surface area contributed by atoms with Gasteiger partial charge in [-0.3, -0.25) is 4.79 Å². The van der Waals surface area contributed by atoms with E-state index in [2.05, 4.69) is 15.5 Å². The molecule has 6 heteroatoms. The van der Waals surface area contributed by atoms with E-state index in [1.165, 1.54) is 11.8 Å². The number of thioether (sulfide) groups is 1. The molecule has 1 N–H and O–H groups in total. The Bertz CT molecular complexity index is 540. The molecule has 0 spiro atoms. The average Bonchev–Trinajstić information content (AvgIpc) is 2.85. The van der Waals surface area contributed by atoms with Crippen LogP contribution in [0.4, 0.5) is 0 Å².